The van der Waals surface area contributed by atoms with Gasteiger partial charge in [-0.3, -0.25) is 0 Å². The van der Waals surface area contributed by atoms with E-state index in [4.69, 9.17) is 5.73 Å². The Labute approximate surface area is 108 Å². The molecule has 0 bridgehead atoms. The second-order valence-electron chi connectivity index (χ2n) is 4.72. The minimum Gasteiger partial charge on any atom is -0.326 e. The van der Waals surface area contributed by atoms with Gasteiger partial charge in [-0.1, -0.05) is 12.1 Å². The van der Waals surface area contributed by atoms with Gasteiger partial charge < -0.3 is 10.6 Å². The third-order valence-electron chi connectivity index (χ3n) is 3.16. The molecule has 0 radical (unpaired) electrons. The maximum atomic E-state index is 12.2. The highest BCUT2D eigenvalue weighted by Gasteiger charge is 2.25. The number of nitrogens with zero attached hydrogens (tertiary/aromatic N) is 1. The predicted molar refractivity (Wildman–Crippen MR) is 70.6 cm³/mol. The van der Waals surface area contributed by atoms with Crippen LogP contribution in [0.5, 0.6) is 0 Å². The number of likely N-dealkylation sites (tertiary alicyclic amines) is 1. The standard InChI is InChI=1S/C12H19N3O2S/c1-15-6-5-11(9-15)14-18(16,17)12-4-2-3-10(7-12)8-13/h2-4,7,11,14H,5-6,8-9,13H2,1H3. The fourth-order valence-electron chi connectivity index (χ4n) is 2.16. The lowest BCUT2D eigenvalue weighted by atomic mass is 10.2. The van der Waals surface area contributed by atoms with Crippen molar-refractivity contribution in [2.75, 3.05) is 20.1 Å². The highest BCUT2D eigenvalue weighted by molar-refractivity contribution is 7.89. The molecule has 1 aromatic rings. The van der Waals surface area contributed by atoms with E-state index in [1.807, 2.05) is 13.1 Å². The van der Waals surface area contributed by atoms with Gasteiger partial charge in [0.1, 0.15) is 0 Å². The molecular weight excluding hydrogens is 250 g/mol. The third-order valence-corrected chi connectivity index (χ3v) is 4.68. The number of hydrogen-bond donors (Lipinski definition) is 2. The van der Waals surface area contributed by atoms with Gasteiger partial charge >= 0.3 is 0 Å². The summed E-state index contributed by atoms with van der Waals surface area (Å²) in [5.74, 6) is 0. The molecule has 1 aliphatic rings. The zero-order chi connectivity index (χ0) is 13.2. The molecule has 1 unspecified atom stereocenters. The summed E-state index contributed by atoms with van der Waals surface area (Å²) in [7, 11) is -1.44. The molecule has 0 saturated carbocycles. The average Bonchev–Trinajstić information content (AvgIpc) is 2.74. The van der Waals surface area contributed by atoms with E-state index in [1.54, 1.807) is 18.2 Å². The maximum Gasteiger partial charge on any atom is 0.240 e. The Bertz CT molecular complexity index is 516. The van der Waals surface area contributed by atoms with E-state index in [0.29, 0.717) is 11.4 Å². The Kier molecular flexibility index (Phi) is 4.01. The topological polar surface area (TPSA) is 75.4 Å². The Morgan fingerprint density at radius 3 is 2.89 bits per heavy atom. The van der Waals surface area contributed by atoms with E-state index >= 15 is 0 Å². The van der Waals surface area contributed by atoms with Gasteiger partial charge in [-0.15, -0.1) is 0 Å². The van der Waals surface area contributed by atoms with Crippen LogP contribution in [0.3, 0.4) is 0 Å². The van der Waals surface area contributed by atoms with Gasteiger partial charge in [-0.05, 0) is 37.7 Å². The lowest BCUT2D eigenvalue weighted by molar-refractivity contribution is 0.407. The summed E-state index contributed by atoms with van der Waals surface area (Å²) in [5.41, 5.74) is 6.34. The van der Waals surface area contributed by atoms with Crippen LogP contribution in [-0.2, 0) is 16.6 Å². The molecule has 2 rings (SSSR count). The molecule has 1 saturated heterocycles. The lowest BCUT2D eigenvalue weighted by Gasteiger charge is -2.13. The SMILES string of the molecule is CN1CCC(NS(=O)(=O)c2cccc(CN)c2)C1. The van der Waals surface area contributed by atoms with Crippen molar-refractivity contribution in [3.63, 3.8) is 0 Å². The fraction of sp³-hybridized carbons (Fsp3) is 0.500. The van der Waals surface area contributed by atoms with Crippen molar-refractivity contribution in [2.24, 2.45) is 5.73 Å². The number of nitrogens with two attached hydrogens (primary N) is 1. The molecular formula is C12H19N3O2S. The van der Waals surface area contributed by atoms with Crippen molar-refractivity contribution in [1.29, 1.82) is 0 Å². The zero-order valence-electron chi connectivity index (χ0n) is 10.5. The Balaban J connectivity index is 2.14. The van der Waals surface area contributed by atoms with Crippen LogP contribution in [0, 0.1) is 0 Å². The van der Waals surface area contributed by atoms with Crippen LogP contribution in [0.4, 0.5) is 0 Å². The number of benzene rings is 1. The summed E-state index contributed by atoms with van der Waals surface area (Å²) in [6, 6.07) is 6.77. The smallest absolute Gasteiger partial charge is 0.240 e. The van der Waals surface area contributed by atoms with Gasteiger partial charge in [0.15, 0.2) is 0 Å². The molecule has 1 heterocycles. The van der Waals surface area contributed by atoms with Crippen molar-refractivity contribution < 1.29 is 8.42 Å². The van der Waals surface area contributed by atoms with Gasteiger partial charge in [0.2, 0.25) is 10.0 Å². The number of nitrogens with one attached hydrogen (secondary N) is 1. The summed E-state index contributed by atoms with van der Waals surface area (Å²) >= 11 is 0. The monoisotopic (exact) mass is 269 g/mol. The van der Waals surface area contributed by atoms with Crippen LogP contribution in [0.2, 0.25) is 0 Å². The van der Waals surface area contributed by atoms with Crippen molar-refractivity contribution in [2.45, 2.75) is 23.9 Å². The fourth-order valence-corrected chi connectivity index (χ4v) is 3.49. The molecule has 18 heavy (non-hydrogen) atoms. The van der Waals surface area contributed by atoms with Crippen molar-refractivity contribution in [3.05, 3.63) is 29.8 Å². The first-order chi connectivity index (χ1) is 8.51. The van der Waals surface area contributed by atoms with Crippen molar-refractivity contribution in [3.8, 4) is 0 Å². The average molecular weight is 269 g/mol. The summed E-state index contributed by atoms with van der Waals surface area (Å²) in [5, 5.41) is 0. The lowest BCUT2D eigenvalue weighted by Crippen LogP contribution is -2.36. The molecule has 1 aromatic carbocycles. The zero-order valence-corrected chi connectivity index (χ0v) is 11.3. The van der Waals surface area contributed by atoms with E-state index in [9.17, 15) is 8.42 Å². The van der Waals surface area contributed by atoms with E-state index in [2.05, 4.69) is 9.62 Å². The Morgan fingerprint density at radius 1 is 1.50 bits per heavy atom. The molecule has 0 amide bonds. The molecule has 6 heteroatoms. The molecule has 0 spiro atoms. The minimum atomic E-state index is -3.43. The molecule has 100 valence electrons. The molecule has 0 aromatic heterocycles. The predicted octanol–water partition coefficient (Wildman–Crippen LogP) is 0.128. The quantitative estimate of drug-likeness (QED) is 0.814. The van der Waals surface area contributed by atoms with Crippen LogP contribution in [0.15, 0.2) is 29.2 Å². The molecule has 1 atom stereocenters. The Morgan fingerprint density at radius 2 is 2.28 bits per heavy atom. The molecule has 5 nitrogen and oxygen atoms in total. The number of likely N-dealkylation sites (N-methyl/N-ethyl adjacent to an activating group) is 1. The normalized spacial score (nSPS) is 21.3. The van der Waals surface area contributed by atoms with E-state index in [-0.39, 0.29) is 6.04 Å². The number of rotatable bonds is 4. The first-order valence-corrected chi connectivity index (χ1v) is 7.49. The van der Waals surface area contributed by atoms with Gasteiger partial charge in [0.05, 0.1) is 4.90 Å². The van der Waals surface area contributed by atoms with Crippen LogP contribution >= 0.6 is 0 Å². The van der Waals surface area contributed by atoms with E-state index in [1.165, 1.54) is 0 Å². The number of hydrogen-bond acceptors (Lipinski definition) is 4. The second kappa shape index (κ2) is 5.36. The molecule has 0 aliphatic carbocycles. The molecule has 3 N–H and O–H groups in total. The minimum absolute atomic E-state index is 0.00142. The van der Waals surface area contributed by atoms with E-state index in [0.717, 1.165) is 25.1 Å². The van der Waals surface area contributed by atoms with Gasteiger partial charge in [0, 0.05) is 19.1 Å². The highest BCUT2D eigenvalue weighted by Crippen LogP contribution is 2.14. The van der Waals surface area contributed by atoms with Crippen LogP contribution in [0.1, 0.15) is 12.0 Å². The largest absolute Gasteiger partial charge is 0.326 e. The van der Waals surface area contributed by atoms with Crippen molar-refractivity contribution in [1.82, 2.24) is 9.62 Å². The van der Waals surface area contributed by atoms with Crippen molar-refractivity contribution >= 4 is 10.0 Å². The summed E-state index contributed by atoms with van der Waals surface area (Å²) in [4.78, 5) is 2.41. The van der Waals surface area contributed by atoms with Gasteiger partial charge in [-0.25, -0.2) is 13.1 Å². The second-order valence-corrected chi connectivity index (χ2v) is 6.43. The number of sulfonamides is 1. The first kappa shape index (κ1) is 13.5. The third kappa shape index (κ3) is 3.08. The summed E-state index contributed by atoms with van der Waals surface area (Å²) in [6.07, 6.45) is 0.853. The van der Waals surface area contributed by atoms with Crippen LogP contribution in [-0.4, -0.2) is 39.5 Å². The maximum absolute atomic E-state index is 12.2. The van der Waals surface area contributed by atoms with E-state index < -0.39 is 10.0 Å². The Hall–Kier alpha value is -0.950. The molecule has 1 fully saturated rings. The summed E-state index contributed by atoms with van der Waals surface area (Å²) in [6.45, 7) is 2.03. The van der Waals surface area contributed by atoms with Gasteiger partial charge in [-0.2, -0.15) is 0 Å². The molecule has 1 aliphatic heterocycles. The van der Waals surface area contributed by atoms with Crippen LogP contribution < -0.4 is 10.5 Å². The first-order valence-electron chi connectivity index (χ1n) is 6.01. The van der Waals surface area contributed by atoms with Crippen LogP contribution in [0.25, 0.3) is 0 Å². The summed E-state index contributed by atoms with van der Waals surface area (Å²) < 4.78 is 27.1. The van der Waals surface area contributed by atoms with Gasteiger partial charge in [0.25, 0.3) is 0 Å². The highest BCUT2D eigenvalue weighted by atomic mass is 32.2.